The van der Waals surface area contributed by atoms with Gasteiger partial charge < -0.3 is 14.8 Å². The number of rotatable bonds is 8. The molecule has 0 unspecified atom stereocenters. The highest BCUT2D eigenvalue weighted by molar-refractivity contribution is 9.10. The largest absolute Gasteiger partial charge is 0.493 e. The van der Waals surface area contributed by atoms with Gasteiger partial charge in [0.2, 0.25) is 0 Å². The molecule has 0 radical (unpaired) electrons. The summed E-state index contributed by atoms with van der Waals surface area (Å²) >= 11 is 16.0. The van der Waals surface area contributed by atoms with Crippen molar-refractivity contribution in [3.63, 3.8) is 0 Å². The van der Waals surface area contributed by atoms with Gasteiger partial charge in [-0.2, -0.15) is 0 Å². The molecule has 0 bridgehead atoms. The second kappa shape index (κ2) is 9.32. The summed E-state index contributed by atoms with van der Waals surface area (Å²) in [4.78, 5) is 0. The lowest BCUT2D eigenvalue weighted by Gasteiger charge is -2.25. The highest BCUT2D eigenvalue weighted by atomic mass is 79.9. The highest BCUT2D eigenvalue weighted by Crippen LogP contribution is 2.35. The van der Waals surface area contributed by atoms with Gasteiger partial charge in [0.15, 0.2) is 11.5 Å². The Morgan fingerprint density at radius 2 is 1.77 bits per heavy atom. The molecule has 0 aliphatic heterocycles. The molecule has 2 rings (SSSR count). The number of halogens is 3. The lowest BCUT2D eigenvalue weighted by atomic mass is 10.0. The van der Waals surface area contributed by atoms with Crippen molar-refractivity contribution in [3.05, 3.63) is 56.0 Å². The van der Waals surface area contributed by atoms with Crippen LogP contribution in [-0.2, 0) is 13.2 Å². The van der Waals surface area contributed by atoms with Gasteiger partial charge in [-0.25, -0.2) is 0 Å². The first kappa shape index (κ1) is 21.4. The Morgan fingerprint density at radius 3 is 2.35 bits per heavy atom. The van der Waals surface area contributed by atoms with Crippen molar-refractivity contribution in [2.24, 2.45) is 0 Å². The van der Waals surface area contributed by atoms with E-state index in [0.29, 0.717) is 21.5 Å². The summed E-state index contributed by atoms with van der Waals surface area (Å²) in [6.45, 7) is 7.53. The van der Waals surface area contributed by atoms with Crippen molar-refractivity contribution < 1.29 is 9.47 Å². The zero-order chi connectivity index (χ0) is 19.3. The van der Waals surface area contributed by atoms with Crippen LogP contribution in [0.3, 0.4) is 0 Å². The minimum absolute atomic E-state index is 0.0721. The van der Waals surface area contributed by atoms with Gasteiger partial charge >= 0.3 is 0 Å². The molecule has 2 aromatic carbocycles. The van der Waals surface area contributed by atoms with Gasteiger partial charge in [-0.1, -0.05) is 52.1 Å². The molecule has 0 saturated carbocycles. The van der Waals surface area contributed by atoms with E-state index in [-0.39, 0.29) is 12.1 Å². The van der Waals surface area contributed by atoms with Crippen molar-refractivity contribution in [2.75, 3.05) is 7.11 Å². The van der Waals surface area contributed by atoms with Gasteiger partial charge in [0.05, 0.1) is 7.11 Å². The van der Waals surface area contributed by atoms with E-state index in [2.05, 4.69) is 42.0 Å². The number of hydrogen-bond donors (Lipinski definition) is 1. The summed E-state index contributed by atoms with van der Waals surface area (Å²) in [5.74, 6) is 1.30. The van der Waals surface area contributed by atoms with Gasteiger partial charge in [0.25, 0.3) is 0 Å². The van der Waals surface area contributed by atoms with Crippen molar-refractivity contribution in [1.82, 2.24) is 5.32 Å². The molecule has 0 aromatic heterocycles. The maximum atomic E-state index is 6.21. The quantitative estimate of drug-likeness (QED) is 0.479. The molecule has 3 nitrogen and oxygen atoms in total. The van der Waals surface area contributed by atoms with Gasteiger partial charge in [0.1, 0.15) is 6.61 Å². The summed E-state index contributed by atoms with van der Waals surface area (Å²) in [5.41, 5.74) is 1.93. The molecule has 1 N–H and O–H groups in total. The Labute approximate surface area is 174 Å². The molecule has 0 fully saturated rings. The van der Waals surface area contributed by atoms with Crippen LogP contribution >= 0.6 is 39.1 Å². The van der Waals surface area contributed by atoms with Gasteiger partial charge in [-0.3, -0.25) is 0 Å². The Kier molecular flexibility index (Phi) is 7.65. The fourth-order valence-electron chi connectivity index (χ4n) is 2.26. The maximum Gasteiger partial charge on any atom is 0.162 e. The third kappa shape index (κ3) is 5.53. The third-order valence-electron chi connectivity index (χ3n) is 4.41. The average molecular weight is 461 g/mol. The van der Waals surface area contributed by atoms with Gasteiger partial charge in [-0.05, 0) is 50.1 Å². The fourth-order valence-corrected chi connectivity index (χ4v) is 3.23. The zero-order valence-corrected chi connectivity index (χ0v) is 18.6. The van der Waals surface area contributed by atoms with Crippen LogP contribution in [0.5, 0.6) is 11.5 Å². The lowest BCUT2D eigenvalue weighted by Crippen LogP contribution is -2.37. The Hall–Kier alpha value is -0.940. The monoisotopic (exact) mass is 459 g/mol. The molecule has 0 saturated heterocycles. The predicted molar refractivity (Wildman–Crippen MR) is 113 cm³/mol. The molecule has 0 aliphatic rings. The van der Waals surface area contributed by atoms with Crippen LogP contribution in [0, 0.1) is 0 Å². The minimum atomic E-state index is 0.0721. The molecule has 0 heterocycles. The zero-order valence-electron chi connectivity index (χ0n) is 15.5. The SMILES string of the molecule is CCC(C)(C)NCc1cc(OC)c(OCc2c(Cl)cccc2Cl)cc1Br. The predicted octanol–water partition coefficient (Wildman–Crippen LogP) is 6.62. The first-order valence-electron chi connectivity index (χ1n) is 8.44. The third-order valence-corrected chi connectivity index (χ3v) is 5.85. The molecule has 0 aliphatic carbocycles. The fraction of sp³-hybridized carbons (Fsp3) is 0.400. The van der Waals surface area contributed by atoms with Crippen LogP contribution in [-0.4, -0.2) is 12.6 Å². The van der Waals surface area contributed by atoms with E-state index >= 15 is 0 Å². The van der Waals surface area contributed by atoms with Crippen molar-refractivity contribution in [2.45, 2.75) is 45.9 Å². The normalized spacial score (nSPS) is 11.5. The van der Waals surface area contributed by atoms with E-state index in [1.54, 1.807) is 19.2 Å². The molecular formula is C20H24BrCl2NO2. The summed E-state index contributed by atoms with van der Waals surface area (Å²) in [6, 6.07) is 9.30. The van der Waals surface area contributed by atoms with E-state index in [4.69, 9.17) is 32.7 Å². The van der Waals surface area contributed by atoms with Crippen LogP contribution in [0.2, 0.25) is 10.0 Å². The summed E-state index contributed by atoms with van der Waals surface area (Å²) in [6.07, 6.45) is 1.04. The molecule has 6 heteroatoms. The first-order chi connectivity index (χ1) is 12.3. The first-order valence-corrected chi connectivity index (χ1v) is 9.99. The second-order valence-electron chi connectivity index (χ2n) is 6.67. The smallest absolute Gasteiger partial charge is 0.162 e. The lowest BCUT2D eigenvalue weighted by molar-refractivity contribution is 0.284. The minimum Gasteiger partial charge on any atom is -0.493 e. The van der Waals surface area contributed by atoms with Crippen LogP contribution in [0.25, 0.3) is 0 Å². The number of methoxy groups -OCH3 is 1. The van der Waals surface area contributed by atoms with Gasteiger partial charge in [-0.15, -0.1) is 0 Å². The molecule has 26 heavy (non-hydrogen) atoms. The maximum absolute atomic E-state index is 6.21. The molecule has 0 atom stereocenters. The molecule has 142 valence electrons. The van der Waals surface area contributed by atoms with E-state index < -0.39 is 0 Å². The average Bonchev–Trinajstić information content (AvgIpc) is 2.60. The van der Waals surface area contributed by atoms with Crippen molar-refractivity contribution >= 4 is 39.1 Å². The van der Waals surface area contributed by atoms with Crippen LogP contribution in [0.4, 0.5) is 0 Å². The number of ether oxygens (including phenoxy) is 2. The van der Waals surface area contributed by atoms with E-state index in [0.717, 1.165) is 28.6 Å². The standard InChI is InChI=1S/C20H24BrCl2NO2/c1-5-20(2,3)24-11-13-9-18(25-4)19(10-15(13)21)26-12-14-16(22)7-6-8-17(14)23/h6-10,24H,5,11-12H2,1-4H3. The Bertz CT molecular complexity index is 745. The molecule has 0 spiro atoms. The molecular weight excluding hydrogens is 437 g/mol. The van der Waals surface area contributed by atoms with E-state index in [1.807, 2.05) is 18.2 Å². The number of benzene rings is 2. The van der Waals surface area contributed by atoms with Crippen LogP contribution < -0.4 is 14.8 Å². The molecule has 2 aromatic rings. The summed E-state index contributed by atoms with van der Waals surface area (Å²) in [7, 11) is 1.63. The van der Waals surface area contributed by atoms with Crippen molar-refractivity contribution in [3.8, 4) is 11.5 Å². The van der Waals surface area contributed by atoms with E-state index in [9.17, 15) is 0 Å². The summed E-state index contributed by atoms with van der Waals surface area (Å²) in [5, 5.41) is 4.71. The highest BCUT2D eigenvalue weighted by Gasteiger charge is 2.17. The second-order valence-corrected chi connectivity index (χ2v) is 8.34. The van der Waals surface area contributed by atoms with Crippen LogP contribution in [0.1, 0.15) is 38.3 Å². The number of nitrogens with one attached hydrogen (secondary N) is 1. The van der Waals surface area contributed by atoms with E-state index in [1.165, 1.54) is 0 Å². The number of hydrogen-bond acceptors (Lipinski definition) is 3. The molecule has 0 amide bonds. The Balaban J connectivity index is 2.18. The van der Waals surface area contributed by atoms with Crippen molar-refractivity contribution in [1.29, 1.82) is 0 Å². The topological polar surface area (TPSA) is 30.5 Å². The van der Waals surface area contributed by atoms with Crippen LogP contribution in [0.15, 0.2) is 34.8 Å². The van der Waals surface area contributed by atoms with Gasteiger partial charge in [0, 0.05) is 32.2 Å². The summed E-state index contributed by atoms with van der Waals surface area (Å²) < 4.78 is 12.4. The Morgan fingerprint density at radius 1 is 1.12 bits per heavy atom.